The molecule has 1 atom stereocenters. The number of piperidine rings is 1. The van der Waals surface area contributed by atoms with E-state index in [2.05, 4.69) is 15.3 Å². The van der Waals surface area contributed by atoms with Crippen LogP contribution in [0.1, 0.15) is 31.9 Å². The quantitative estimate of drug-likeness (QED) is 0.911. The first-order chi connectivity index (χ1) is 10.5. The molecule has 1 aromatic heterocycles. The summed E-state index contributed by atoms with van der Waals surface area (Å²) in [7, 11) is 0. The molecule has 0 saturated carbocycles. The first-order valence-electron chi connectivity index (χ1n) is 7.59. The summed E-state index contributed by atoms with van der Waals surface area (Å²) in [5, 5.41) is 11.4. The third-order valence-electron chi connectivity index (χ3n) is 4.98. The van der Waals surface area contributed by atoms with Crippen LogP contribution in [0, 0.1) is 5.41 Å². The number of amides is 1. The molecular weight excluding hydrogens is 302 g/mol. The van der Waals surface area contributed by atoms with Gasteiger partial charge in [0, 0.05) is 25.4 Å². The molecule has 1 spiro atoms. The van der Waals surface area contributed by atoms with E-state index in [1.807, 2.05) is 5.51 Å². The number of carboxylic acid groups (broad SMARTS) is 1. The second-order valence-corrected chi connectivity index (χ2v) is 7.18. The average Bonchev–Trinajstić information content (AvgIpc) is 3.10. The van der Waals surface area contributed by atoms with Gasteiger partial charge in [0.1, 0.15) is 6.04 Å². The second-order valence-electron chi connectivity index (χ2n) is 6.46. The van der Waals surface area contributed by atoms with Gasteiger partial charge in [0.15, 0.2) is 0 Å². The Labute approximate surface area is 133 Å². The van der Waals surface area contributed by atoms with Crippen LogP contribution in [0.3, 0.4) is 0 Å². The fourth-order valence-corrected chi connectivity index (χ4v) is 4.25. The molecule has 3 rings (SSSR count). The molecule has 6 nitrogen and oxygen atoms in total. The van der Waals surface area contributed by atoms with Crippen LogP contribution >= 0.6 is 11.3 Å². The van der Waals surface area contributed by atoms with Crippen molar-refractivity contribution in [3.63, 3.8) is 0 Å². The first-order valence-corrected chi connectivity index (χ1v) is 8.53. The van der Waals surface area contributed by atoms with Crippen molar-refractivity contribution in [1.82, 2.24) is 14.8 Å². The van der Waals surface area contributed by atoms with Crippen LogP contribution < -0.4 is 0 Å². The van der Waals surface area contributed by atoms with Gasteiger partial charge in [-0.1, -0.05) is 0 Å². The van der Waals surface area contributed by atoms with Crippen molar-refractivity contribution in [3.8, 4) is 0 Å². The zero-order valence-corrected chi connectivity index (χ0v) is 13.5. The smallest absolute Gasteiger partial charge is 0.326 e. The van der Waals surface area contributed by atoms with Crippen molar-refractivity contribution in [3.05, 3.63) is 16.6 Å². The summed E-state index contributed by atoms with van der Waals surface area (Å²) in [5.74, 6) is -1.01. The third kappa shape index (κ3) is 3.01. The zero-order valence-electron chi connectivity index (χ0n) is 12.7. The summed E-state index contributed by atoms with van der Waals surface area (Å²) in [6.45, 7) is 4.79. The van der Waals surface area contributed by atoms with Gasteiger partial charge in [0.2, 0.25) is 5.91 Å². The molecule has 3 heterocycles. The maximum atomic E-state index is 11.7. The molecule has 0 bridgehead atoms. The van der Waals surface area contributed by atoms with E-state index in [0.29, 0.717) is 13.0 Å². The van der Waals surface area contributed by atoms with Crippen LogP contribution in [0.2, 0.25) is 0 Å². The van der Waals surface area contributed by atoms with E-state index in [1.165, 1.54) is 6.92 Å². The average molecular weight is 323 g/mol. The summed E-state index contributed by atoms with van der Waals surface area (Å²) < 4.78 is 0. The maximum absolute atomic E-state index is 11.7. The molecular formula is C15H21N3O3S. The molecule has 120 valence electrons. The van der Waals surface area contributed by atoms with Crippen molar-refractivity contribution in [2.75, 3.05) is 19.6 Å². The highest BCUT2D eigenvalue weighted by atomic mass is 32.1. The number of rotatable bonds is 3. The maximum Gasteiger partial charge on any atom is 0.326 e. The minimum Gasteiger partial charge on any atom is -0.480 e. The van der Waals surface area contributed by atoms with E-state index < -0.39 is 12.0 Å². The van der Waals surface area contributed by atoms with Crippen molar-refractivity contribution < 1.29 is 14.7 Å². The minimum atomic E-state index is -0.878. The van der Waals surface area contributed by atoms with Crippen LogP contribution in [0.4, 0.5) is 0 Å². The van der Waals surface area contributed by atoms with Gasteiger partial charge in [0.25, 0.3) is 0 Å². The highest BCUT2D eigenvalue weighted by molar-refractivity contribution is 7.07. The van der Waals surface area contributed by atoms with Crippen LogP contribution in [0.15, 0.2) is 10.9 Å². The molecule has 0 unspecified atom stereocenters. The van der Waals surface area contributed by atoms with Crippen LogP contribution in [-0.4, -0.2) is 57.4 Å². The molecule has 7 heteroatoms. The van der Waals surface area contributed by atoms with Gasteiger partial charge in [-0.15, -0.1) is 11.3 Å². The van der Waals surface area contributed by atoms with Crippen LogP contribution in [-0.2, 0) is 16.1 Å². The highest BCUT2D eigenvalue weighted by Gasteiger charge is 2.48. The van der Waals surface area contributed by atoms with Crippen LogP contribution in [0.25, 0.3) is 0 Å². The number of nitrogens with zero attached hydrogens (tertiary/aromatic N) is 3. The molecule has 2 aliphatic rings. The van der Waals surface area contributed by atoms with Crippen LogP contribution in [0.5, 0.6) is 0 Å². The van der Waals surface area contributed by atoms with E-state index in [9.17, 15) is 14.7 Å². The molecule has 2 fully saturated rings. The Kier molecular flexibility index (Phi) is 4.18. The predicted molar refractivity (Wildman–Crippen MR) is 82.5 cm³/mol. The summed E-state index contributed by atoms with van der Waals surface area (Å²) >= 11 is 1.61. The lowest BCUT2D eigenvalue weighted by atomic mass is 9.76. The Bertz CT molecular complexity index is 528. The number of carbonyl (C=O) groups excluding carboxylic acids is 1. The molecule has 1 aromatic rings. The fourth-order valence-electron chi connectivity index (χ4n) is 3.70. The number of hydrogen-bond donors (Lipinski definition) is 1. The number of thiazole rings is 1. The lowest BCUT2D eigenvalue weighted by Gasteiger charge is -2.38. The van der Waals surface area contributed by atoms with Crippen molar-refractivity contribution in [1.29, 1.82) is 0 Å². The first kappa shape index (κ1) is 15.4. The second kappa shape index (κ2) is 5.96. The number of likely N-dealkylation sites (tertiary alicyclic amines) is 2. The topological polar surface area (TPSA) is 73.7 Å². The van der Waals surface area contributed by atoms with E-state index in [-0.39, 0.29) is 11.3 Å². The van der Waals surface area contributed by atoms with Gasteiger partial charge in [0.05, 0.1) is 11.2 Å². The predicted octanol–water partition coefficient (Wildman–Crippen LogP) is 1.43. The molecule has 0 aliphatic carbocycles. The minimum absolute atomic E-state index is 0.0205. The van der Waals surface area contributed by atoms with E-state index in [4.69, 9.17) is 0 Å². The Balaban J connectivity index is 1.62. The number of carboxylic acids is 1. The molecule has 0 radical (unpaired) electrons. The molecule has 1 N–H and O–H groups in total. The SMILES string of the molecule is CC(=O)N1CC2(CCN(Cc3cscn3)CC2)C[C@@H]1C(=O)O. The largest absolute Gasteiger partial charge is 0.480 e. The Morgan fingerprint density at radius 2 is 2.18 bits per heavy atom. The standard InChI is InChI=1S/C15H21N3O3S/c1-11(19)18-9-15(6-13(18)14(20)21)2-4-17(5-3-15)7-12-8-22-10-16-12/h8,10,13H,2-7,9H2,1H3,(H,20,21)/t13-/m1/s1. The van der Waals surface area contributed by atoms with Crippen molar-refractivity contribution >= 4 is 23.2 Å². The Hall–Kier alpha value is -1.47. The number of aromatic nitrogens is 1. The summed E-state index contributed by atoms with van der Waals surface area (Å²) in [6.07, 6.45) is 2.49. The van der Waals surface area contributed by atoms with E-state index >= 15 is 0 Å². The molecule has 2 aliphatic heterocycles. The highest BCUT2D eigenvalue weighted by Crippen LogP contribution is 2.43. The van der Waals surface area contributed by atoms with Gasteiger partial charge in [-0.3, -0.25) is 9.69 Å². The number of carbonyl (C=O) groups is 2. The lowest BCUT2D eigenvalue weighted by Crippen LogP contribution is -2.42. The molecule has 22 heavy (non-hydrogen) atoms. The Morgan fingerprint density at radius 3 is 2.68 bits per heavy atom. The Morgan fingerprint density at radius 1 is 1.45 bits per heavy atom. The van der Waals surface area contributed by atoms with E-state index in [0.717, 1.165) is 38.2 Å². The van der Waals surface area contributed by atoms with Gasteiger partial charge in [-0.2, -0.15) is 0 Å². The zero-order chi connectivity index (χ0) is 15.7. The molecule has 1 amide bonds. The monoisotopic (exact) mass is 323 g/mol. The van der Waals surface area contributed by atoms with Crippen molar-refractivity contribution in [2.45, 2.75) is 38.8 Å². The van der Waals surface area contributed by atoms with Gasteiger partial charge < -0.3 is 10.0 Å². The van der Waals surface area contributed by atoms with Gasteiger partial charge in [-0.25, -0.2) is 9.78 Å². The normalized spacial score (nSPS) is 24.8. The molecule has 2 saturated heterocycles. The number of aliphatic carboxylic acids is 1. The number of hydrogen-bond acceptors (Lipinski definition) is 5. The molecule has 0 aromatic carbocycles. The van der Waals surface area contributed by atoms with Gasteiger partial charge in [-0.05, 0) is 37.8 Å². The summed E-state index contributed by atoms with van der Waals surface area (Å²) in [4.78, 5) is 31.3. The lowest BCUT2D eigenvalue weighted by molar-refractivity contribution is -0.147. The summed E-state index contributed by atoms with van der Waals surface area (Å²) in [6, 6.07) is -0.650. The van der Waals surface area contributed by atoms with Gasteiger partial charge >= 0.3 is 5.97 Å². The summed E-state index contributed by atoms with van der Waals surface area (Å²) in [5.41, 5.74) is 2.92. The van der Waals surface area contributed by atoms with Crippen molar-refractivity contribution in [2.24, 2.45) is 5.41 Å². The van der Waals surface area contributed by atoms with E-state index in [1.54, 1.807) is 16.2 Å². The fraction of sp³-hybridized carbons (Fsp3) is 0.667. The third-order valence-corrected chi connectivity index (χ3v) is 5.62.